The highest BCUT2D eigenvalue weighted by Gasteiger charge is 2.43. The fourth-order valence-electron chi connectivity index (χ4n) is 3.16. The molecule has 5 nitrogen and oxygen atoms in total. The Morgan fingerprint density at radius 2 is 2.32 bits per heavy atom. The van der Waals surface area contributed by atoms with Gasteiger partial charge in [0.05, 0.1) is 18.2 Å². The number of furan rings is 1. The zero-order chi connectivity index (χ0) is 13.3. The monoisotopic (exact) mass is 330 g/mol. The Morgan fingerprint density at radius 1 is 1.42 bits per heavy atom. The molecule has 106 valence electrons. The Morgan fingerprint density at radius 3 is 2.95 bits per heavy atom. The first-order valence-electron chi connectivity index (χ1n) is 6.65. The summed E-state index contributed by atoms with van der Waals surface area (Å²) in [6.45, 7) is 2.25. The molecule has 0 saturated carbocycles. The van der Waals surface area contributed by atoms with Gasteiger partial charge >= 0.3 is 0 Å². The van der Waals surface area contributed by atoms with Crippen LogP contribution in [0, 0.1) is 5.92 Å². The van der Waals surface area contributed by atoms with E-state index >= 15 is 0 Å². The van der Waals surface area contributed by atoms with E-state index in [1.807, 2.05) is 12.1 Å². The third-order valence-electron chi connectivity index (χ3n) is 4.15. The second-order valence-electron chi connectivity index (χ2n) is 5.37. The summed E-state index contributed by atoms with van der Waals surface area (Å²) in [6.07, 6.45) is 2.91. The maximum absolute atomic E-state index is 5.96. The summed E-state index contributed by atoms with van der Waals surface area (Å²) in [5, 5.41) is 0. The van der Waals surface area contributed by atoms with Gasteiger partial charge < -0.3 is 13.9 Å². The van der Waals surface area contributed by atoms with Crippen molar-refractivity contribution in [3.63, 3.8) is 0 Å². The number of ether oxygens (including phenoxy) is 2. The summed E-state index contributed by atoms with van der Waals surface area (Å²) in [4.78, 5) is 0. The van der Waals surface area contributed by atoms with Crippen LogP contribution in [0.3, 0.4) is 0 Å². The molecule has 3 unspecified atom stereocenters. The van der Waals surface area contributed by atoms with Gasteiger partial charge in [-0.3, -0.25) is 5.84 Å². The molecule has 3 N–H and O–H groups in total. The maximum Gasteiger partial charge on any atom is 0.169 e. The van der Waals surface area contributed by atoms with E-state index in [0.717, 1.165) is 42.9 Å². The van der Waals surface area contributed by atoms with Gasteiger partial charge in [-0.2, -0.15) is 0 Å². The molecular weight excluding hydrogens is 312 g/mol. The van der Waals surface area contributed by atoms with Crippen molar-refractivity contribution in [3.8, 4) is 0 Å². The van der Waals surface area contributed by atoms with Crippen LogP contribution in [0.4, 0.5) is 0 Å². The summed E-state index contributed by atoms with van der Waals surface area (Å²) in [6, 6.07) is 3.88. The molecule has 0 amide bonds. The standard InChI is InChI=1S/C13H19BrN2O3/c14-11-2-1-10(19-11)12(16-15)9-3-5-18-13(7-9)4-6-17-8-13/h1-2,9,12,16H,3-8,15H2. The van der Waals surface area contributed by atoms with Crippen LogP contribution in [-0.4, -0.2) is 25.4 Å². The fraction of sp³-hybridized carbons (Fsp3) is 0.692. The van der Waals surface area contributed by atoms with Crippen LogP contribution < -0.4 is 11.3 Å². The second kappa shape index (κ2) is 5.54. The number of hydrogen-bond donors (Lipinski definition) is 2. The molecule has 19 heavy (non-hydrogen) atoms. The quantitative estimate of drug-likeness (QED) is 0.656. The maximum atomic E-state index is 5.96. The van der Waals surface area contributed by atoms with Gasteiger partial charge in [-0.25, -0.2) is 5.43 Å². The van der Waals surface area contributed by atoms with Crippen molar-refractivity contribution in [2.45, 2.75) is 30.9 Å². The van der Waals surface area contributed by atoms with Crippen LogP contribution in [0.25, 0.3) is 0 Å². The molecule has 2 fully saturated rings. The van der Waals surface area contributed by atoms with Crippen molar-refractivity contribution in [1.82, 2.24) is 5.43 Å². The lowest BCUT2D eigenvalue weighted by Crippen LogP contribution is -2.45. The summed E-state index contributed by atoms with van der Waals surface area (Å²) >= 11 is 3.33. The molecule has 0 aromatic carbocycles. The van der Waals surface area contributed by atoms with Crippen molar-refractivity contribution < 1.29 is 13.9 Å². The van der Waals surface area contributed by atoms with E-state index in [0.29, 0.717) is 12.5 Å². The number of rotatable bonds is 3. The van der Waals surface area contributed by atoms with Crippen molar-refractivity contribution in [3.05, 3.63) is 22.6 Å². The van der Waals surface area contributed by atoms with E-state index in [9.17, 15) is 0 Å². The third kappa shape index (κ3) is 2.73. The zero-order valence-electron chi connectivity index (χ0n) is 10.7. The minimum atomic E-state index is -0.109. The van der Waals surface area contributed by atoms with Gasteiger partial charge in [-0.1, -0.05) is 0 Å². The zero-order valence-corrected chi connectivity index (χ0v) is 12.3. The highest BCUT2D eigenvalue weighted by molar-refractivity contribution is 9.10. The Balaban J connectivity index is 1.76. The molecule has 1 aromatic rings. The lowest BCUT2D eigenvalue weighted by Gasteiger charge is -2.39. The number of nitrogens with one attached hydrogen (secondary N) is 1. The van der Waals surface area contributed by atoms with E-state index in [-0.39, 0.29) is 11.6 Å². The fourth-order valence-corrected chi connectivity index (χ4v) is 3.48. The molecule has 0 bridgehead atoms. The highest BCUT2D eigenvalue weighted by Crippen LogP contribution is 2.41. The number of nitrogens with two attached hydrogens (primary N) is 1. The first kappa shape index (κ1) is 13.6. The van der Waals surface area contributed by atoms with Crippen LogP contribution in [0.1, 0.15) is 31.1 Å². The topological polar surface area (TPSA) is 69.7 Å². The van der Waals surface area contributed by atoms with Crippen LogP contribution in [0.2, 0.25) is 0 Å². The van der Waals surface area contributed by atoms with Gasteiger partial charge in [0.25, 0.3) is 0 Å². The van der Waals surface area contributed by atoms with Crippen LogP contribution in [0.5, 0.6) is 0 Å². The number of hydrogen-bond acceptors (Lipinski definition) is 5. The van der Waals surface area contributed by atoms with Crippen LogP contribution in [0.15, 0.2) is 21.2 Å². The van der Waals surface area contributed by atoms with E-state index in [1.54, 1.807) is 0 Å². The van der Waals surface area contributed by atoms with E-state index in [1.165, 1.54) is 0 Å². The molecule has 3 rings (SSSR count). The van der Waals surface area contributed by atoms with E-state index < -0.39 is 0 Å². The average molecular weight is 331 g/mol. The largest absolute Gasteiger partial charge is 0.453 e. The number of hydrazine groups is 1. The molecule has 2 aliphatic heterocycles. The molecule has 3 heterocycles. The second-order valence-corrected chi connectivity index (χ2v) is 6.15. The molecule has 2 saturated heterocycles. The SMILES string of the molecule is NNC(c1ccc(Br)o1)C1CCOC2(CCOC2)C1. The molecule has 6 heteroatoms. The van der Waals surface area contributed by atoms with Gasteiger partial charge in [0.2, 0.25) is 0 Å². The van der Waals surface area contributed by atoms with E-state index in [2.05, 4.69) is 21.4 Å². The molecule has 1 spiro atoms. The lowest BCUT2D eigenvalue weighted by atomic mass is 9.80. The summed E-state index contributed by atoms with van der Waals surface area (Å²) < 4.78 is 17.8. The van der Waals surface area contributed by atoms with E-state index in [4.69, 9.17) is 19.7 Å². The predicted molar refractivity (Wildman–Crippen MR) is 73.3 cm³/mol. The Bertz CT molecular complexity index is 431. The van der Waals surface area contributed by atoms with Crippen molar-refractivity contribution >= 4 is 15.9 Å². The van der Waals surface area contributed by atoms with Gasteiger partial charge in [-0.15, -0.1) is 0 Å². The average Bonchev–Trinajstić information content (AvgIpc) is 3.01. The summed E-state index contributed by atoms with van der Waals surface area (Å²) in [7, 11) is 0. The summed E-state index contributed by atoms with van der Waals surface area (Å²) in [5.74, 6) is 7.01. The number of halogens is 1. The van der Waals surface area contributed by atoms with Crippen LogP contribution in [-0.2, 0) is 9.47 Å². The molecule has 0 radical (unpaired) electrons. The van der Waals surface area contributed by atoms with Crippen molar-refractivity contribution in [1.29, 1.82) is 0 Å². The normalized spacial score (nSPS) is 32.8. The minimum Gasteiger partial charge on any atom is -0.453 e. The predicted octanol–water partition coefficient (Wildman–Crippen LogP) is 2.13. The molecule has 1 aromatic heterocycles. The highest BCUT2D eigenvalue weighted by atomic mass is 79.9. The first-order valence-corrected chi connectivity index (χ1v) is 7.45. The van der Waals surface area contributed by atoms with Gasteiger partial charge in [0.15, 0.2) is 4.67 Å². The first-order chi connectivity index (χ1) is 9.22. The van der Waals surface area contributed by atoms with Gasteiger partial charge in [-0.05, 0) is 46.8 Å². The smallest absolute Gasteiger partial charge is 0.169 e. The third-order valence-corrected chi connectivity index (χ3v) is 4.58. The molecule has 3 atom stereocenters. The van der Waals surface area contributed by atoms with Crippen molar-refractivity contribution in [2.24, 2.45) is 11.8 Å². The van der Waals surface area contributed by atoms with Crippen LogP contribution >= 0.6 is 15.9 Å². The minimum absolute atomic E-state index is 0.0210. The Labute approximate surface area is 120 Å². The van der Waals surface area contributed by atoms with Gasteiger partial charge in [0, 0.05) is 19.6 Å². The van der Waals surface area contributed by atoms with Crippen molar-refractivity contribution in [2.75, 3.05) is 19.8 Å². The Kier molecular flexibility index (Phi) is 3.96. The Hall–Kier alpha value is -0.400. The molecular formula is C13H19BrN2O3. The van der Waals surface area contributed by atoms with Gasteiger partial charge in [0.1, 0.15) is 5.76 Å². The lowest BCUT2D eigenvalue weighted by molar-refractivity contribution is -0.104. The molecule has 2 aliphatic rings. The summed E-state index contributed by atoms with van der Waals surface area (Å²) in [5.41, 5.74) is 2.79. The molecule has 0 aliphatic carbocycles.